The van der Waals surface area contributed by atoms with E-state index in [1.165, 1.54) is 5.56 Å². The number of nitrogens with one attached hydrogen (secondary N) is 1. The van der Waals surface area contributed by atoms with Gasteiger partial charge in [0.1, 0.15) is 0 Å². The van der Waals surface area contributed by atoms with Crippen molar-refractivity contribution < 1.29 is 9.84 Å². The summed E-state index contributed by atoms with van der Waals surface area (Å²) >= 11 is 0. The first-order valence-corrected chi connectivity index (χ1v) is 5.50. The predicted octanol–water partition coefficient (Wildman–Crippen LogP) is 2.19. The molecule has 0 amide bonds. The number of anilines is 1. The maximum Gasteiger partial charge on any atom is 0.0834 e. The number of hydrogen-bond acceptors (Lipinski definition) is 3. The second-order valence-electron chi connectivity index (χ2n) is 4.45. The number of aliphatic hydroxyl groups is 1. The molecule has 2 unspecified atom stereocenters. The summed E-state index contributed by atoms with van der Waals surface area (Å²) in [5.41, 5.74) is 1.72. The van der Waals surface area contributed by atoms with Gasteiger partial charge in [0.2, 0.25) is 0 Å². The molecule has 0 aromatic heterocycles. The van der Waals surface area contributed by atoms with Crippen LogP contribution in [0.25, 0.3) is 0 Å². The Morgan fingerprint density at radius 3 is 2.69 bits per heavy atom. The van der Waals surface area contributed by atoms with Crippen LogP contribution >= 0.6 is 0 Å². The molecular weight excluding hydrogens is 202 g/mol. The summed E-state index contributed by atoms with van der Waals surface area (Å²) in [7, 11) is 1.65. The Hall–Kier alpha value is -1.06. The van der Waals surface area contributed by atoms with E-state index in [0.717, 1.165) is 5.69 Å². The fourth-order valence-corrected chi connectivity index (χ4v) is 1.58. The van der Waals surface area contributed by atoms with Gasteiger partial charge < -0.3 is 15.2 Å². The van der Waals surface area contributed by atoms with Gasteiger partial charge in [-0.15, -0.1) is 0 Å². The van der Waals surface area contributed by atoms with E-state index < -0.39 is 5.54 Å². The molecule has 0 aliphatic rings. The maximum absolute atomic E-state index is 9.47. The molecule has 0 spiro atoms. The molecule has 0 aliphatic heterocycles. The summed E-state index contributed by atoms with van der Waals surface area (Å²) < 4.78 is 5.29. The Bertz CT molecular complexity index is 340. The van der Waals surface area contributed by atoms with Crippen LogP contribution in [0.1, 0.15) is 19.4 Å². The molecule has 90 valence electrons. The lowest BCUT2D eigenvalue weighted by Gasteiger charge is -2.35. The molecule has 0 saturated carbocycles. The average molecular weight is 223 g/mol. The van der Waals surface area contributed by atoms with E-state index in [1.54, 1.807) is 7.11 Å². The monoisotopic (exact) mass is 223 g/mol. The maximum atomic E-state index is 9.47. The molecule has 0 radical (unpaired) electrons. The van der Waals surface area contributed by atoms with Crippen molar-refractivity contribution in [2.75, 3.05) is 19.0 Å². The van der Waals surface area contributed by atoms with E-state index in [-0.39, 0.29) is 12.7 Å². The first-order valence-electron chi connectivity index (χ1n) is 5.50. The molecule has 0 fully saturated rings. The van der Waals surface area contributed by atoms with Gasteiger partial charge in [0, 0.05) is 12.8 Å². The number of ether oxygens (including phenoxy) is 1. The van der Waals surface area contributed by atoms with Crippen molar-refractivity contribution in [1.82, 2.24) is 0 Å². The highest BCUT2D eigenvalue weighted by Gasteiger charge is 2.30. The minimum absolute atomic E-state index is 0.0238. The van der Waals surface area contributed by atoms with Gasteiger partial charge in [-0.05, 0) is 38.5 Å². The third kappa shape index (κ3) is 2.97. The fraction of sp³-hybridized carbons (Fsp3) is 0.538. The normalized spacial score (nSPS) is 16.6. The smallest absolute Gasteiger partial charge is 0.0834 e. The van der Waals surface area contributed by atoms with Gasteiger partial charge in [0.25, 0.3) is 0 Å². The van der Waals surface area contributed by atoms with Crippen LogP contribution in [-0.2, 0) is 4.74 Å². The van der Waals surface area contributed by atoms with Gasteiger partial charge in [-0.1, -0.05) is 12.1 Å². The van der Waals surface area contributed by atoms with Crippen LogP contribution in [-0.4, -0.2) is 30.5 Å². The van der Waals surface area contributed by atoms with Crippen LogP contribution in [0.4, 0.5) is 5.69 Å². The lowest BCUT2D eigenvalue weighted by Crippen LogP contribution is -2.49. The van der Waals surface area contributed by atoms with E-state index in [4.69, 9.17) is 4.74 Å². The molecule has 16 heavy (non-hydrogen) atoms. The van der Waals surface area contributed by atoms with Gasteiger partial charge in [-0.3, -0.25) is 0 Å². The Morgan fingerprint density at radius 2 is 2.19 bits per heavy atom. The number of benzene rings is 1. The van der Waals surface area contributed by atoms with Crippen LogP contribution in [0.2, 0.25) is 0 Å². The van der Waals surface area contributed by atoms with Crippen LogP contribution in [0.15, 0.2) is 24.3 Å². The topological polar surface area (TPSA) is 41.5 Å². The lowest BCUT2D eigenvalue weighted by molar-refractivity contribution is 0.0380. The van der Waals surface area contributed by atoms with Crippen molar-refractivity contribution in [2.45, 2.75) is 32.4 Å². The molecular formula is C13H21NO2. The SMILES string of the molecule is COC(C)C(C)(CO)Nc1cccc(C)c1. The van der Waals surface area contributed by atoms with Crippen molar-refractivity contribution in [3.8, 4) is 0 Å². The van der Waals surface area contributed by atoms with Crippen molar-refractivity contribution >= 4 is 5.69 Å². The highest BCUT2D eigenvalue weighted by Crippen LogP contribution is 2.20. The molecule has 3 heteroatoms. The Labute approximate surface area is 97.4 Å². The van der Waals surface area contributed by atoms with E-state index in [9.17, 15) is 5.11 Å². The highest BCUT2D eigenvalue weighted by molar-refractivity contribution is 5.47. The third-order valence-corrected chi connectivity index (χ3v) is 3.03. The number of rotatable bonds is 5. The van der Waals surface area contributed by atoms with Gasteiger partial charge in [0.15, 0.2) is 0 Å². The van der Waals surface area contributed by atoms with Crippen molar-refractivity contribution in [3.63, 3.8) is 0 Å². The van der Waals surface area contributed by atoms with Crippen LogP contribution in [0.3, 0.4) is 0 Å². The van der Waals surface area contributed by atoms with Crippen molar-refractivity contribution in [1.29, 1.82) is 0 Å². The van der Waals surface area contributed by atoms with Gasteiger partial charge in [0.05, 0.1) is 18.2 Å². The quantitative estimate of drug-likeness (QED) is 0.804. The summed E-state index contributed by atoms with van der Waals surface area (Å²) in [6, 6.07) is 8.08. The predicted molar refractivity (Wildman–Crippen MR) is 66.8 cm³/mol. The molecule has 2 N–H and O–H groups in total. The number of aryl methyl sites for hydroxylation is 1. The number of methoxy groups -OCH3 is 1. The van der Waals surface area contributed by atoms with Crippen molar-refractivity contribution in [2.24, 2.45) is 0 Å². The molecule has 1 aromatic carbocycles. The van der Waals surface area contributed by atoms with Gasteiger partial charge >= 0.3 is 0 Å². The molecule has 1 rings (SSSR count). The molecule has 0 heterocycles. The zero-order chi connectivity index (χ0) is 12.2. The van der Waals surface area contributed by atoms with E-state index >= 15 is 0 Å². The highest BCUT2D eigenvalue weighted by atomic mass is 16.5. The average Bonchev–Trinajstić information content (AvgIpc) is 2.27. The molecule has 0 aliphatic carbocycles. The summed E-state index contributed by atoms with van der Waals surface area (Å²) in [5.74, 6) is 0. The summed E-state index contributed by atoms with van der Waals surface area (Å²) in [6.45, 7) is 5.96. The molecule has 0 bridgehead atoms. The minimum Gasteiger partial charge on any atom is -0.394 e. The van der Waals surface area contributed by atoms with E-state index in [1.807, 2.05) is 39.0 Å². The molecule has 1 aromatic rings. The van der Waals surface area contributed by atoms with Gasteiger partial charge in [-0.25, -0.2) is 0 Å². The van der Waals surface area contributed by atoms with Crippen LogP contribution in [0, 0.1) is 6.92 Å². The lowest BCUT2D eigenvalue weighted by atomic mass is 9.96. The fourth-order valence-electron chi connectivity index (χ4n) is 1.58. The second kappa shape index (κ2) is 5.32. The van der Waals surface area contributed by atoms with Crippen LogP contribution < -0.4 is 5.32 Å². The summed E-state index contributed by atoms with van der Waals surface area (Å²) in [5, 5.41) is 12.8. The molecule has 2 atom stereocenters. The number of aliphatic hydroxyl groups excluding tert-OH is 1. The summed E-state index contributed by atoms with van der Waals surface area (Å²) in [6.07, 6.45) is -0.0713. The standard InChI is InChI=1S/C13H21NO2/c1-10-6-5-7-12(8-10)14-13(3,9-15)11(2)16-4/h5-8,11,14-15H,9H2,1-4H3. The zero-order valence-electron chi connectivity index (χ0n) is 10.4. The first-order chi connectivity index (χ1) is 7.51. The third-order valence-electron chi connectivity index (χ3n) is 3.03. The van der Waals surface area contributed by atoms with E-state index in [2.05, 4.69) is 11.4 Å². The largest absolute Gasteiger partial charge is 0.394 e. The Balaban J connectivity index is 2.84. The molecule has 3 nitrogen and oxygen atoms in total. The second-order valence-corrected chi connectivity index (χ2v) is 4.45. The van der Waals surface area contributed by atoms with Gasteiger partial charge in [-0.2, -0.15) is 0 Å². The summed E-state index contributed by atoms with van der Waals surface area (Å²) in [4.78, 5) is 0. The minimum atomic E-state index is -0.470. The Kier molecular flexibility index (Phi) is 4.33. The number of hydrogen-bond donors (Lipinski definition) is 2. The molecule has 0 saturated heterocycles. The first kappa shape index (κ1) is 13.0. The van der Waals surface area contributed by atoms with Crippen LogP contribution in [0.5, 0.6) is 0 Å². The van der Waals surface area contributed by atoms with E-state index in [0.29, 0.717) is 0 Å². The zero-order valence-corrected chi connectivity index (χ0v) is 10.4. The Morgan fingerprint density at radius 1 is 1.50 bits per heavy atom. The van der Waals surface area contributed by atoms with Crippen molar-refractivity contribution in [3.05, 3.63) is 29.8 Å².